The fraction of sp³-hybridized carbons (Fsp3) is 0.286. The SMILES string of the molecule is COc1cc(-c2oc3ccccc3c(=O)c2OC(C)C)cc(OC)c1OC. The van der Waals surface area contributed by atoms with Gasteiger partial charge in [-0.25, -0.2) is 0 Å². The van der Waals surface area contributed by atoms with E-state index in [1.54, 1.807) is 30.3 Å². The van der Waals surface area contributed by atoms with Crippen LogP contribution in [0.5, 0.6) is 23.0 Å². The Morgan fingerprint density at radius 1 is 0.889 bits per heavy atom. The Bertz CT molecular complexity index is 994. The molecule has 0 aliphatic heterocycles. The maximum absolute atomic E-state index is 13.0. The quantitative estimate of drug-likeness (QED) is 0.645. The zero-order chi connectivity index (χ0) is 19.6. The van der Waals surface area contributed by atoms with Crippen molar-refractivity contribution in [2.24, 2.45) is 0 Å². The van der Waals surface area contributed by atoms with Gasteiger partial charge in [-0.2, -0.15) is 0 Å². The van der Waals surface area contributed by atoms with Crippen molar-refractivity contribution in [1.29, 1.82) is 0 Å². The summed E-state index contributed by atoms with van der Waals surface area (Å²) in [6.07, 6.45) is -0.199. The van der Waals surface area contributed by atoms with E-state index < -0.39 is 0 Å². The first-order valence-corrected chi connectivity index (χ1v) is 8.53. The summed E-state index contributed by atoms with van der Waals surface area (Å²) in [7, 11) is 4.59. The van der Waals surface area contributed by atoms with Crippen LogP contribution < -0.4 is 24.4 Å². The van der Waals surface area contributed by atoms with Crippen molar-refractivity contribution in [3.8, 4) is 34.3 Å². The molecule has 0 saturated carbocycles. The average molecular weight is 370 g/mol. The van der Waals surface area contributed by atoms with Gasteiger partial charge in [-0.3, -0.25) is 4.79 Å². The van der Waals surface area contributed by atoms with Gasteiger partial charge in [-0.15, -0.1) is 0 Å². The Kier molecular flexibility index (Phi) is 5.26. The lowest BCUT2D eigenvalue weighted by Crippen LogP contribution is -2.15. The zero-order valence-corrected chi connectivity index (χ0v) is 16.0. The lowest BCUT2D eigenvalue weighted by atomic mass is 10.1. The van der Waals surface area contributed by atoms with Gasteiger partial charge in [0.2, 0.25) is 16.9 Å². The first-order valence-electron chi connectivity index (χ1n) is 8.53. The smallest absolute Gasteiger partial charge is 0.235 e. The van der Waals surface area contributed by atoms with Crippen molar-refractivity contribution in [2.75, 3.05) is 21.3 Å². The molecule has 0 atom stereocenters. The Balaban J connectivity index is 2.34. The molecule has 0 amide bonds. The van der Waals surface area contributed by atoms with E-state index in [4.69, 9.17) is 23.4 Å². The number of ether oxygens (including phenoxy) is 4. The second-order valence-corrected chi connectivity index (χ2v) is 6.17. The van der Waals surface area contributed by atoms with E-state index in [2.05, 4.69) is 0 Å². The molecule has 27 heavy (non-hydrogen) atoms. The van der Waals surface area contributed by atoms with Crippen molar-refractivity contribution >= 4 is 11.0 Å². The van der Waals surface area contributed by atoms with Crippen molar-refractivity contribution in [2.45, 2.75) is 20.0 Å². The molecule has 3 rings (SSSR count). The number of hydrogen-bond acceptors (Lipinski definition) is 6. The van der Waals surface area contributed by atoms with E-state index in [9.17, 15) is 4.79 Å². The molecule has 0 aliphatic rings. The van der Waals surface area contributed by atoms with Gasteiger partial charge in [0.25, 0.3) is 0 Å². The van der Waals surface area contributed by atoms with Gasteiger partial charge in [0, 0.05) is 5.56 Å². The van der Waals surface area contributed by atoms with E-state index in [1.165, 1.54) is 21.3 Å². The van der Waals surface area contributed by atoms with Gasteiger partial charge in [-0.05, 0) is 38.1 Å². The average Bonchev–Trinajstić information content (AvgIpc) is 2.68. The van der Waals surface area contributed by atoms with Crippen LogP contribution in [0, 0.1) is 0 Å². The van der Waals surface area contributed by atoms with Crippen LogP contribution in [0.15, 0.2) is 45.6 Å². The minimum atomic E-state index is -0.227. The summed E-state index contributed by atoms with van der Waals surface area (Å²) in [6.45, 7) is 3.71. The molecular weight excluding hydrogens is 348 g/mol. The molecule has 6 nitrogen and oxygen atoms in total. The fourth-order valence-electron chi connectivity index (χ4n) is 2.87. The Labute approximate surface area is 157 Å². The predicted octanol–water partition coefficient (Wildman–Crippen LogP) is 4.27. The van der Waals surface area contributed by atoms with Crippen LogP contribution in [0.1, 0.15) is 13.8 Å². The van der Waals surface area contributed by atoms with Gasteiger partial charge < -0.3 is 23.4 Å². The molecule has 2 aromatic carbocycles. The molecule has 0 N–H and O–H groups in total. The number of rotatable bonds is 6. The molecule has 0 bridgehead atoms. The molecule has 1 aromatic heterocycles. The molecular formula is C21H22O6. The van der Waals surface area contributed by atoms with E-state index >= 15 is 0 Å². The summed E-state index contributed by atoms with van der Waals surface area (Å²) in [5.41, 5.74) is 0.833. The lowest BCUT2D eigenvalue weighted by molar-refractivity contribution is 0.236. The zero-order valence-electron chi connectivity index (χ0n) is 16.0. The second-order valence-electron chi connectivity index (χ2n) is 6.17. The van der Waals surface area contributed by atoms with E-state index in [0.717, 1.165) is 0 Å². The van der Waals surface area contributed by atoms with Crippen LogP contribution in [0.25, 0.3) is 22.3 Å². The van der Waals surface area contributed by atoms with E-state index in [1.807, 2.05) is 19.9 Å². The molecule has 142 valence electrons. The van der Waals surface area contributed by atoms with Crippen LogP contribution in [-0.4, -0.2) is 27.4 Å². The fourth-order valence-corrected chi connectivity index (χ4v) is 2.87. The van der Waals surface area contributed by atoms with Crippen LogP contribution in [0.2, 0.25) is 0 Å². The molecule has 0 radical (unpaired) electrons. The summed E-state index contributed by atoms with van der Waals surface area (Å²) in [6, 6.07) is 10.5. The molecule has 3 aromatic rings. The third kappa shape index (κ3) is 3.43. The van der Waals surface area contributed by atoms with E-state index in [0.29, 0.717) is 39.5 Å². The summed E-state index contributed by atoms with van der Waals surface area (Å²) >= 11 is 0. The maximum Gasteiger partial charge on any atom is 0.235 e. The molecule has 0 aliphatic carbocycles. The van der Waals surface area contributed by atoms with Crippen molar-refractivity contribution < 1.29 is 23.4 Å². The largest absolute Gasteiger partial charge is 0.493 e. The maximum atomic E-state index is 13.0. The second kappa shape index (κ2) is 7.61. The number of methoxy groups -OCH3 is 3. The summed E-state index contributed by atoms with van der Waals surface area (Å²) in [5, 5.41) is 0.462. The van der Waals surface area contributed by atoms with Gasteiger partial charge in [-0.1, -0.05) is 12.1 Å². The first kappa shape index (κ1) is 18.6. The number of benzene rings is 2. The van der Waals surface area contributed by atoms with E-state index in [-0.39, 0.29) is 17.3 Å². The highest BCUT2D eigenvalue weighted by Gasteiger charge is 2.22. The van der Waals surface area contributed by atoms with Crippen molar-refractivity contribution in [1.82, 2.24) is 0 Å². The highest BCUT2D eigenvalue weighted by Crippen LogP contribution is 2.43. The van der Waals surface area contributed by atoms with Crippen LogP contribution >= 0.6 is 0 Å². The summed E-state index contributed by atoms with van der Waals surface area (Å²) in [4.78, 5) is 13.0. The van der Waals surface area contributed by atoms with Gasteiger partial charge in [0.1, 0.15) is 5.58 Å². The monoisotopic (exact) mass is 370 g/mol. The summed E-state index contributed by atoms with van der Waals surface area (Å²) in [5.74, 6) is 1.83. The Hall–Kier alpha value is -3.15. The number of fused-ring (bicyclic) bond motifs is 1. The minimum absolute atomic E-state index is 0.151. The molecule has 6 heteroatoms. The number of hydrogen-bond donors (Lipinski definition) is 0. The standard InChI is InChI=1S/C21H22O6/c1-12(2)26-21-18(22)14-8-6-7-9-15(14)27-19(21)13-10-16(23-3)20(25-5)17(11-13)24-4/h6-12H,1-5H3. The lowest BCUT2D eigenvalue weighted by Gasteiger charge is -2.17. The van der Waals surface area contributed by atoms with Crippen molar-refractivity contribution in [3.05, 3.63) is 46.6 Å². The Morgan fingerprint density at radius 3 is 2.07 bits per heavy atom. The normalized spacial score (nSPS) is 10.9. The highest BCUT2D eigenvalue weighted by molar-refractivity contribution is 5.82. The summed E-state index contributed by atoms with van der Waals surface area (Å²) < 4.78 is 28.1. The van der Waals surface area contributed by atoms with Crippen LogP contribution in [-0.2, 0) is 0 Å². The molecule has 0 saturated heterocycles. The molecule has 1 heterocycles. The minimum Gasteiger partial charge on any atom is -0.493 e. The molecule has 0 unspecified atom stereocenters. The topological polar surface area (TPSA) is 67.1 Å². The number of para-hydroxylation sites is 1. The third-order valence-electron chi connectivity index (χ3n) is 4.04. The van der Waals surface area contributed by atoms with Crippen LogP contribution in [0.4, 0.5) is 0 Å². The Morgan fingerprint density at radius 2 is 1.52 bits per heavy atom. The predicted molar refractivity (Wildman–Crippen MR) is 103 cm³/mol. The van der Waals surface area contributed by atoms with Gasteiger partial charge in [0.15, 0.2) is 17.3 Å². The van der Waals surface area contributed by atoms with Gasteiger partial charge >= 0.3 is 0 Å². The molecule has 0 spiro atoms. The third-order valence-corrected chi connectivity index (χ3v) is 4.04. The highest BCUT2D eigenvalue weighted by atomic mass is 16.5. The van der Waals surface area contributed by atoms with Crippen molar-refractivity contribution in [3.63, 3.8) is 0 Å². The molecule has 0 fully saturated rings. The van der Waals surface area contributed by atoms with Crippen LogP contribution in [0.3, 0.4) is 0 Å². The first-order chi connectivity index (χ1) is 13.0. The van der Waals surface area contributed by atoms with Gasteiger partial charge in [0.05, 0.1) is 32.8 Å².